The molecule has 7 heteroatoms. The van der Waals surface area contributed by atoms with Gasteiger partial charge in [0.1, 0.15) is 11.5 Å². The molecule has 3 rings (SSSR count). The minimum atomic E-state index is -0.406. The van der Waals surface area contributed by atoms with E-state index in [2.05, 4.69) is 23.8 Å². The molecule has 3 N–H and O–H groups in total. The first-order valence-electron chi connectivity index (χ1n) is 8.35. The van der Waals surface area contributed by atoms with E-state index >= 15 is 0 Å². The third-order valence-electron chi connectivity index (χ3n) is 5.28. The molecule has 134 valence electrons. The number of β-amino-alcohol motifs (C(OH)–C–C–N with tert-alkyl or cyclic N) is 1. The first kappa shape index (κ1) is 18.2. The zero-order valence-corrected chi connectivity index (χ0v) is 15.8. The zero-order valence-electron chi connectivity index (χ0n) is 14.3. The fourth-order valence-electron chi connectivity index (χ4n) is 3.14. The van der Waals surface area contributed by atoms with E-state index in [1.165, 1.54) is 0 Å². The van der Waals surface area contributed by atoms with Gasteiger partial charge >= 0.3 is 0 Å². The third-order valence-corrected chi connectivity index (χ3v) is 6.09. The van der Waals surface area contributed by atoms with Gasteiger partial charge in [0.2, 0.25) is 0 Å². The molecule has 2 heterocycles. The maximum absolute atomic E-state index is 10.5. The number of aliphatic hydroxyl groups excluding tert-OH is 1. The molecule has 0 aliphatic carbocycles. The largest absolute Gasteiger partial charge is 0.391 e. The monoisotopic (exact) mass is 380 g/mol. The second-order valence-corrected chi connectivity index (χ2v) is 7.57. The van der Waals surface area contributed by atoms with Gasteiger partial charge in [0.25, 0.3) is 0 Å². The second-order valence-electron chi connectivity index (χ2n) is 6.78. The number of anilines is 2. The molecule has 1 aromatic carbocycles. The highest BCUT2D eigenvalue weighted by Gasteiger charge is 2.37. The van der Waals surface area contributed by atoms with Crippen molar-refractivity contribution < 1.29 is 5.11 Å². The number of nitrogen functional groups attached to an aromatic ring is 1. The number of rotatable bonds is 3. The SMILES string of the molecule is CC[C@@]1(C)CCN(c2cnc(-c3cccc(Cl)c3Cl)c(N)n2)C[C@H]1O. The molecule has 1 fully saturated rings. The number of halogens is 2. The van der Waals surface area contributed by atoms with Crippen molar-refractivity contribution in [1.82, 2.24) is 9.97 Å². The summed E-state index contributed by atoms with van der Waals surface area (Å²) in [5, 5.41) is 11.3. The average Bonchev–Trinajstić information content (AvgIpc) is 2.60. The van der Waals surface area contributed by atoms with Gasteiger partial charge < -0.3 is 15.7 Å². The standard InChI is InChI=1S/C18H22Cl2N4O/c1-3-18(2)7-8-24(10-13(18)25)14-9-22-16(17(21)23-14)11-5-4-6-12(19)15(11)20/h4-6,9,13,25H,3,7-8,10H2,1-2H3,(H2,21,23)/t13-,18+/m1/s1. The molecule has 1 aliphatic heterocycles. The van der Waals surface area contributed by atoms with Crippen LogP contribution in [0.1, 0.15) is 26.7 Å². The number of piperidine rings is 1. The Balaban J connectivity index is 1.87. The summed E-state index contributed by atoms with van der Waals surface area (Å²) >= 11 is 12.3. The summed E-state index contributed by atoms with van der Waals surface area (Å²) in [4.78, 5) is 11.0. The van der Waals surface area contributed by atoms with Crippen LogP contribution >= 0.6 is 23.2 Å². The zero-order chi connectivity index (χ0) is 18.2. The topological polar surface area (TPSA) is 75.3 Å². The number of hydrogen-bond donors (Lipinski definition) is 2. The van der Waals surface area contributed by atoms with Crippen LogP contribution in [0.3, 0.4) is 0 Å². The molecule has 0 saturated carbocycles. The smallest absolute Gasteiger partial charge is 0.152 e. The molecule has 5 nitrogen and oxygen atoms in total. The van der Waals surface area contributed by atoms with E-state index in [9.17, 15) is 5.11 Å². The van der Waals surface area contributed by atoms with Gasteiger partial charge in [0.05, 0.1) is 22.3 Å². The summed E-state index contributed by atoms with van der Waals surface area (Å²) in [7, 11) is 0. The van der Waals surface area contributed by atoms with E-state index in [1.807, 2.05) is 11.0 Å². The maximum atomic E-state index is 10.5. The van der Waals surface area contributed by atoms with Crippen molar-refractivity contribution in [2.24, 2.45) is 5.41 Å². The van der Waals surface area contributed by atoms with Crippen molar-refractivity contribution in [3.8, 4) is 11.3 Å². The number of nitrogens with zero attached hydrogens (tertiary/aromatic N) is 3. The van der Waals surface area contributed by atoms with Crippen LogP contribution in [-0.4, -0.2) is 34.3 Å². The quantitative estimate of drug-likeness (QED) is 0.840. The summed E-state index contributed by atoms with van der Waals surface area (Å²) in [6.07, 6.45) is 3.11. The Labute approximate surface area is 157 Å². The number of hydrogen-bond acceptors (Lipinski definition) is 5. The minimum Gasteiger partial charge on any atom is -0.391 e. The molecule has 1 saturated heterocycles. The molecule has 0 radical (unpaired) electrons. The fraction of sp³-hybridized carbons (Fsp3) is 0.444. The van der Waals surface area contributed by atoms with Crippen LogP contribution in [0, 0.1) is 5.41 Å². The van der Waals surface area contributed by atoms with Crippen molar-refractivity contribution in [3.63, 3.8) is 0 Å². The maximum Gasteiger partial charge on any atom is 0.152 e. The highest BCUT2D eigenvalue weighted by Crippen LogP contribution is 2.37. The molecule has 0 unspecified atom stereocenters. The molecule has 2 aromatic rings. The Bertz CT molecular complexity index is 786. The number of aliphatic hydroxyl groups is 1. The summed E-state index contributed by atoms with van der Waals surface area (Å²) in [5.74, 6) is 0.955. The predicted molar refractivity (Wildman–Crippen MR) is 103 cm³/mol. The first-order valence-corrected chi connectivity index (χ1v) is 9.11. The van der Waals surface area contributed by atoms with E-state index in [0.29, 0.717) is 39.5 Å². The van der Waals surface area contributed by atoms with Gasteiger partial charge in [-0.1, -0.05) is 49.2 Å². The predicted octanol–water partition coefficient (Wildman–Crippen LogP) is 4.02. The number of benzene rings is 1. The molecule has 25 heavy (non-hydrogen) atoms. The molecule has 1 aliphatic rings. The van der Waals surface area contributed by atoms with Gasteiger partial charge in [0.15, 0.2) is 5.82 Å². The third kappa shape index (κ3) is 3.41. The molecule has 0 spiro atoms. The van der Waals surface area contributed by atoms with Gasteiger partial charge in [-0.25, -0.2) is 9.97 Å². The van der Waals surface area contributed by atoms with Crippen LogP contribution in [0.4, 0.5) is 11.6 Å². The lowest BCUT2D eigenvalue weighted by atomic mass is 9.76. The lowest BCUT2D eigenvalue weighted by Crippen LogP contribution is -2.49. The van der Waals surface area contributed by atoms with E-state index in [4.69, 9.17) is 28.9 Å². The van der Waals surface area contributed by atoms with Crippen LogP contribution in [-0.2, 0) is 0 Å². The normalized spacial score (nSPS) is 23.7. The summed E-state index contributed by atoms with van der Waals surface area (Å²) in [6, 6.07) is 5.32. The van der Waals surface area contributed by atoms with Crippen LogP contribution in [0.25, 0.3) is 11.3 Å². The Morgan fingerprint density at radius 3 is 2.80 bits per heavy atom. The van der Waals surface area contributed by atoms with E-state index < -0.39 is 6.10 Å². The van der Waals surface area contributed by atoms with E-state index in [0.717, 1.165) is 19.4 Å². The van der Waals surface area contributed by atoms with Crippen LogP contribution in [0.2, 0.25) is 10.0 Å². The van der Waals surface area contributed by atoms with E-state index in [1.54, 1.807) is 18.3 Å². The first-order chi connectivity index (χ1) is 11.9. The molecular weight excluding hydrogens is 359 g/mol. The molecule has 1 aromatic heterocycles. The van der Waals surface area contributed by atoms with Crippen molar-refractivity contribution in [2.75, 3.05) is 23.7 Å². The molecule has 0 bridgehead atoms. The Morgan fingerprint density at radius 1 is 1.40 bits per heavy atom. The van der Waals surface area contributed by atoms with Gasteiger partial charge in [-0.2, -0.15) is 0 Å². The van der Waals surface area contributed by atoms with Crippen LogP contribution in [0.15, 0.2) is 24.4 Å². The van der Waals surface area contributed by atoms with Crippen molar-refractivity contribution >= 4 is 34.8 Å². The number of aromatic nitrogens is 2. The van der Waals surface area contributed by atoms with Crippen LogP contribution in [0.5, 0.6) is 0 Å². The van der Waals surface area contributed by atoms with Crippen molar-refractivity contribution in [1.29, 1.82) is 0 Å². The Morgan fingerprint density at radius 2 is 2.16 bits per heavy atom. The molecule has 0 amide bonds. The van der Waals surface area contributed by atoms with Gasteiger partial charge in [-0.05, 0) is 24.3 Å². The summed E-state index contributed by atoms with van der Waals surface area (Å²) in [5.41, 5.74) is 7.24. The second kappa shape index (κ2) is 6.98. The summed E-state index contributed by atoms with van der Waals surface area (Å²) in [6.45, 7) is 5.57. The molecule has 2 atom stereocenters. The summed E-state index contributed by atoms with van der Waals surface area (Å²) < 4.78 is 0. The Kier molecular flexibility index (Phi) is 5.09. The average molecular weight is 381 g/mol. The minimum absolute atomic E-state index is 0.0519. The number of nitrogens with two attached hydrogens (primary N) is 1. The van der Waals surface area contributed by atoms with Gasteiger partial charge in [0, 0.05) is 18.7 Å². The van der Waals surface area contributed by atoms with Crippen molar-refractivity contribution in [3.05, 3.63) is 34.4 Å². The van der Waals surface area contributed by atoms with Gasteiger partial charge in [-0.15, -0.1) is 0 Å². The van der Waals surface area contributed by atoms with Crippen LogP contribution < -0.4 is 10.6 Å². The lowest BCUT2D eigenvalue weighted by molar-refractivity contribution is 0.0187. The highest BCUT2D eigenvalue weighted by atomic mass is 35.5. The lowest BCUT2D eigenvalue weighted by Gasteiger charge is -2.43. The Hall–Kier alpha value is -1.56. The van der Waals surface area contributed by atoms with Gasteiger partial charge in [-0.3, -0.25) is 0 Å². The molecular formula is C18H22Cl2N4O. The van der Waals surface area contributed by atoms with Crippen molar-refractivity contribution in [2.45, 2.75) is 32.8 Å². The van der Waals surface area contributed by atoms with E-state index in [-0.39, 0.29) is 5.41 Å². The fourth-order valence-corrected chi connectivity index (χ4v) is 3.53. The highest BCUT2D eigenvalue weighted by molar-refractivity contribution is 6.43.